The summed E-state index contributed by atoms with van der Waals surface area (Å²) in [5.41, 5.74) is -0.432. The molecule has 5 heteroatoms. The predicted molar refractivity (Wildman–Crippen MR) is 48.5 cm³/mol. The summed E-state index contributed by atoms with van der Waals surface area (Å²) >= 11 is 0. The molecule has 0 radical (unpaired) electrons. The van der Waals surface area contributed by atoms with Crippen LogP contribution in [0.2, 0.25) is 0 Å². The monoisotopic (exact) mass is 203 g/mol. The Morgan fingerprint density at radius 2 is 2.31 bits per heavy atom. The third-order valence-electron chi connectivity index (χ3n) is 3.22. The van der Waals surface area contributed by atoms with Crippen molar-refractivity contribution in [2.45, 2.75) is 24.8 Å². The van der Waals surface area contributed by atoms with Gasteiger partial charge in [-0.15, -0.1) is 0 Å². The molecule has 0 amide bonds. The van der Waals surface area contributed by atoms with Crippen LogP contribution in [0.3, 0.4) is 0 Å². The van der Waals surface area contributed by atoms with Gasteiger partial charge in [0, 0.05) is 7.05 Å². The van der Waals surface area contributed by atoms with Crippen molar-refractivity contribution in [3.8, 4) is 0 Å². The minimum absolute atomic E-state index is 0.432. The fraction of sp³-hybridized carbons (Fsp3) is 0.750. The molecule has 1 N–H and O–H groups in total. The second-order valence-electron chi connectivity index (χ2n) is 3.91. The van der Waals surface area contributed by atoms with Gasteiger partial charge in [0.15, 0.2) is 0 Å². The van der Waals surface area contributed by atoms with Crippen LogP contribution in [0.4, 0.5) is 0 Å². The van der Waals surface area contributed by atoms with Crippen LogP contribution in [0.15, 0.2) is 12.2 Å². The summed E-state index contributed by atoms with van der Waals surface area (Å²) in [4.78, 5) is 0. The smallest absolute Gasteiger partial charge is 0.273 e. The van der Waals surface area contributed by atoms with E-state index in [4.69, 9.17) is 4.55 Å². The van der Waals surface area contributed by atoms with Crippen molar-refractivity contribution >= 4 is 10.3 Å². The maximum atomic E-state index is 10.9. The largest absolute Gasteiger partial charge is 0.336 e. The molecule has 1 unspecified atom stereocenters. The molecular weight excluding hydrogens is 190 g/mol. The summed E-state index contributed by atoms with van der Waals surface area (Å²) in [5.74, 6) is 0.504. The zero-order chi connectivity index (χ0) is 9.69. The molecule has 0 aromatic rings. The molecular formula is C8H13NO3S. The molecule has 2 atom stereocenters. The summed E-state index contributed by atoms with van der Waals surface area (Å²) in [5, 5.41) is 0. The lowest BCUT2D eigenvalue weighted by Crippen LogP contribution is -2.45. The Bertz CT molecular complexity index is 348. The van der Waals surface area contributed by atoms with Crippen LogP contribution < -0.4 is 0 Å². The Labute approximate surface area is 78.1 Å². The SMILES string of the molecule is CN(C12C=C[C@@H](CC1)C2)S(=O)(=O)O. The lowest BCUT2D eigenvalue weighted by molar-refractivity contribution is 0.261. The van der Waals surface area contributed by atoms with Gasteiger partial charge in [0.1, 0.15) is 0 Å². The topological polar surface area (TPSA) is 57.6 Å². The first-order valence-corrected chi connectivity index (χ1v) is 5.75. The van der Waals surface area contributed by atoms with E-state index in [1.54, 1.807) is 0 Å². The van der Waals surface area contributed by atoms with Crippen LogP contribution in [-0.2, 0) is 10.3 Å². The van der Waals surface area contributed by atoms with Crippen LogP contribution in [0.25, 0.3) is 0 Å². The fourth-order valence-electron chi connectivity index (χ4n) is 2.35. The Morgan fingerprint density at radius 1 is 1.62 bits per heavy atom. The van der Waals surface area contributed by atoms with Gasteiger partial charge >= 0.3 is 10.3 Å². The molecule has 4 nitrogen and oxygen atoms in total. The minimum Gasteiger partial charge on any atom is -0.273 e. The van der Waals surface area contributed by atoms with Crippen LogP contribution in [0.5, 0.6) is 0 Å². The fourth-order valence-corrected chi connectivity index (χ4v) is 3.03. The molecule has 0 aromatic carbocycles. The molecule has 74 valence electrons. The molecule has 0 aromatic heterocycles. The van der Waals surface area contributed by atoms with Gasteiger partial charge in [-0.05, 0) is 25.2 Å². The Balaban J connectivity index is 2.31. The third-order valence-corrected chi connectivity index (χ3v) is 4.27. The molecule has 0 saturated heterocycles. The van der Waals surface area contributed by atoms with Crippen LogP contribution >= 0.6 is 0 Å². The van der Waals surface area contributed by atoms with Gasteiger partial charge in [0.05, 0.1) is 5.54 Å². The molecule has 2 aliphatic rings. The van der Waals surface area contributed by atoms with E-state index in [1.165, 1.54) is 7.05 Å². The highest BCUT2D eigenvalue weighted by atomic mass is 32.2. The molecule has 13 heavy (non-hydrogen) atoms. The molecule has 0 aliphatic heterocycles. The van der Waals surface area contributed by atoms with E-state index < -0.39 is 15.8 Å². The van der Waals surface area contributed by atoms with E-state index in [0.717, 1.165) is 23.6 Å². The van der Waals surface area contributed by atoms with Gasteiger partial charge in [0.2, 0.25) is 0 Å². The van der Waals surface area contributed by atoms with E-state index in [-0.39, 0.29) is 0 Å². The van der Waals surface area contributed by atoms with Crippen molar-refractivity contribution in [1.82, 2.24) is 4.31 Å². The van der Waals surface area contributed by atoms with Gasteiger partial charge in [-0.2, -0.15) is 12.7 Å². The van der Waals surface area contributed by atoms with Gasteiger partial charge < -0.3 is 0 Å². The molecule has 0 spiro atoms. The highest BCUT2D eigenvalue weighted by Gasteiger charge is 2.47. The van der Waals surface area contributed by atoms with Gasteiger partial charge in [-0.1, -0.05) is 12.2 Å². The molecule has 2 rings (SSSR count). The van der Waals surface area contributed by atoms with Crippen molar-refractivity contribution in [3.63, 3.8) is 0 Å². The molecule has 1 saturated carbocycles. The lowest BCUT2D eigenvalue weighted by atomic mass is 10.00. The van der Waals surface area contributed by atoms with Crippen LogP contribution in [-0.4, -0.2) is 29.9 Å². The Kier molecular flexibility index (Phi) is 1.80. The van der Waals surface area contributed by atoms with Crippen molar-refractivity contribution in [2.24, 2.45) is 5.92 Å². The number of rotatable bonds is 2. The zero-order valence-electron chi connectivity index (χ0n) is 7.47. The predicted octanol–water partition coefficient (Wildman–Crippen LogP) is 0.830. The normalized spacial score (nSPS) is 37.6. The summed E-state index contributed by atoms with van der Waals surface area (Å²) in [6.45, 7) is 0. The van der Waals surface area contributed by atoms with Crippen molar-refractivity contribution in [2.75, 3.05) is 7.05 Å². The summed E-state index contributed by atoms with van der Waals surface area (Å²) in [6, 6.07) is 0. The summed E-state index contributed by atoms with van der Waals surface area (Å²) in [6.07, 6.45) is 6.63. The Hall–Kier alpha value is -0.390. The Morgan fingerprint density at radius 3 is 2.62 bits per heavy atom. The minimum atomic E-state index is -4.05. The maximum Gasteiger partial charge on any atom is 0.336 e. The lowest BCUT2D eigenvalue weighted by Gasteiger charge is -2.31. The van der Waals surface area contributed by atoms with E-state index in [2.05, 4.69) is 0 Å². The highest BCUT2D eigenvalue weighted by Crippen LogP contribution is 2.46. The number of nitrogens with zero attached hydrogens (tertiary/aromatic N) is 1. The van der Waals surface area contributed by atoms with Crippen molar-refractivity contribution < 1.29 is 13.0 Å². The quantitative estimate of drug-likeness (QED) is 0.534. The molecule has 2 aliphatic carbocycles. The van der Waals surface area contributed by atoms with Gasteiger partial charge in [0.25, 0.3) is 0 Å². The number of likely N-dealkylation sites (N-methyl/N-ethyl adjacent to an activating group) is 1. The van der Waals surface area contributed by atoms with E-state index in [1.807, 2.05) is 12.2 Å². The maximum absolute atomic E-state index is 10.9. The number of allylic oxidation sites excluding steroid dienone is 1. The van der Waals surface area contributed by atoms with Crippen LogP contribution in [0, 0.1) is 5.92 Å². The highest BCUT2D eigenvalue weighted by molar-refractivity contribution is 7.83. The van der Waals surface area contributed by atoms with Crippen LogP contribution in [0.1, 0.15) is 19.3 Å². The van der Waals surface area contributed by atoms with E-state index in [0.29, 0.717) is 5.92 Å². The molecule has 1 fully saturated rings. The average Bonchev–Trinajstić information content (AvgIpc) is 2.60. The second kappa shape index (κ2) is 2.56. The van der Waals surface area contributed by atoms with Crippen molar-refractivity contribution in [1.29, 1.82) is 0 Å². The standard InChI is InChI=1S/C8H13NO3S/c1-9(13(10,11)12)8-4-2-7(6-8)3-5-8/h2,4,7H,3,5-6H2,1H3,(H,10,11,12)/t7-,8?/m0/s1. The van der Waals surface area contributed by atoms with E-state index >= 15 is 0 Å². The van der Waals surface area contributed by atoms with Gasteiger partial charge in [-0.25, -0.2) is 0 Å². The first-order valence-electron chi connectivity index (χ1n) is 4.35. The summed E-state index contributed by atoms with van der Waals surface area (Å²) < 4.78 is 31.9. The van der Waals surface area contributed by atoms with E-state index in [9.17, 15) is 8.42 Å². The molecule has 0 heterocycles. The summed E-state index contributed by atoms with van der Waals surface area (Å²) in [7, 11) is -2.61. The number of hydrogen-bond donors (Lipinski definition) is 1. The number of fused-ring (bicyclic) bond motifs is 2. The van der Waals surface area contributed by atoms with Crippen molar-refractivity contribution in [3.05, 3.63) is 12.2 Å². The first-order chi connectivity index (χ1) is 5.94. The third kappa shape index (κ3) is 1.31. The van der Waals surface area contributed by atoms with Gasteiger partial charge in [-0.3, -0.25) is 4.55 Å². The average molecular weight is 203 g/mol. The first kappa shape index (κ1) is 9.18. The second-order valence-corrected chi connectivity index (χ2v) is 5.35. The zero-order valence-corrected chi connectivity index (χ0v) is 8.29. The molecule has 2 bridgehead atoms. The number of hydrogen-bond acceptors (Lipinski definition) is 2.